The number of nitro groups is 2. The minimum absolute atomic E-state index is 0.0434. The Hall–Kier alpha value is -12.2. The molecule has 136 heavy (non-hydrogen) atoms. The molecular formula is C98H128N16O20S2. The summed E-state index contributed by atoms with van der Waals surface area (Å²) in [7, 11) is 5.10. The van der Waals surface area contributed by atoms with Crippen molar-refractivity contribution in [1.29, 1.82) is 0 Å². The number of hydrogen-bond donors (Lipinski definition) is 6. The lowest BCUT2D eigenvalue weighted by Crippen LogP contribution is -2.47. The lowest BCUT2D eigenvalue weighted by molar-refractivity contribution is -0.384. The largest absolute Gasteiger partial charge is 0.469 e. The van der Waals surface area contributed by atoms with Gasteiger partial charge in [-0.05, 0) is 211 Å². The number of anilines is 8. The molecule has 0 saturated carbocycles. The Labute approximate surface area is 799 Å². The number of nitrogen functional groups attached to an aromatic ring is 2. The van der Waals surface area contributed by atoms with Crippen LogP contribution in [0.2, 0.25) is 0 Å². The van der Waals surface area contributed by atoms with Gasteiger partial charge < -0.3 is 81.1 Å². The number of esters is 4. The van der Waals surface area contributed by atoms with E-state index in [0.717, 1.165) is 96.7 Å². The SMILES string of the molecule is COC(=O)C[C@H](C(=O)N1CCC[C@H]1C(=O)Nc1ccc([C@H]2CC[C@H](c3ccc(NC(=O)[C@@H]4CCCN4C(=O)[C@@H](CC(=O)OC)C(C)C)c(N)c3)N2c2nc3c(s2)CCCC3)cc1N)C(C)C.COC(=O)C[C@H](C(=O)N1CCC[C@H]1C(=O)Nc1ccc([C@H]2CC[C@H](c3ccc(NC(=O)[C@@H]4CCCN4C(=O)[C@@H](CC(=O)OC)C(C)C)c([N+](=O)[O-])c3)N2c2nc3c(s2)CCCC3)cc1[N+](=O)[O-])C(C)C. The molecule has 6 aliphatic heterocycles. The van der Waals surface area contributed by atoms with E-state index in [9.17, 15) is 77.8 Å². The molecule has 12 atom stereocenters. The number of nitrogens with one attached hydrogen (secondary N) is 4. The van der Waals surface area contributed by atoms with Gasteiger partial charge in [0.05, 0.1) is 146 Å². The maximum absolute atomic E-state index is 13.9. The lowest BCUT2D eigenvalue weighted by atomic mass is 9.90. The number of thiazole rings is 2. The number of methoxy groups -OCH3 is 4. The van der Waals surface area contributed by atoms with Crippen molar-refractivity contribution in [1.82, 2.24) is 29.6 Å². The van der Waals surface area contributed by atoms with Crippen molar-refractivity contribution < 1.29 is 86.3 Å². The molecule has 8 aliphatic rings. The second kappa shape index (κ2) is 44.7. The van der Waals surface area contributed by atoms with E-state index < -0.39 is 105 Å². The highest BCUT2D eigenvalue weighted by Crippen LogP contribution is 2.53. The third-order valence-electron chi connectivity index (χ3n) is 28.3. The zero-order valence-corrected chi connectivity index (χ0v) is 81.2. The number of carbonyl (C=O) groups excluding carboxylic acids is 12. The molecule has 6 fully saturated rings. The third-order valence-corrected chi connectivity index (χ3v) is 30.7. The molecule has 14 rings (SSSR count). The predicted molar refractivity (Wildman–Crippen MR) is 513 cm³/mol. The molecule has 6 saturated heterocycles. The fourth-order valence-electron chi connectivity index (χ4n) is 20.6. The molecule has 0 spiro atoms. The number of amides is 8. The van der Waals surface area contributed by atoms with E-state index in [1.807, 2.05) is 91.8 Å². The summed E-state index contributed by atoms with van der Waals surface area (Å²) in [6.45, 7) is 16.3. The number of aromatic nitrogens is 2. The van der Waals surface area contributed by atoms with Gasteiger partial charge in [0.25, 0.3) is 11.4 Å². The van der Waals surface area contributed by atoms with Gasteiger partial charge in [0.1, 0.15) is 35.5 Å². The maximum Gasteiger partial charge on any atom is 0.306 e. The second-order valence-electron chi connectivity index (χ2n) is 38.2. The number of carbonyl (C=O) groups is 12. The Balaban J connectivity index is 0.000000230. The fraction of sp³-hybridized carbons (Fsp3) is 0.571. The van der Waals surface area contributed by atoms with Crippen LogP contribution in [0.15, 0.2) is 72.8 Å². The standard InChI is InChI=1S/C49H62N8O12S.C49H66N8O8S/c1-27(2)31(25-43(58)68-5)47(62)53-21-9-12-38(53)45(60)50-33-17-15-29(23-40(33)56(64)65)36-19-20-37(55(36)49-52-35-11-7-8-14-42(35)70-49)30-16-18-34(41(24-30)57(66)67)51-46(61)39-13-10-22-54(39)48(63)32(28(3)4)26-44(59)69-6;1-27(2)31(25-43(58)64-5)47(62)55-21-9-12-40(55)45(60)52-35-17-15-29(23-33(35)50)38-19-20-39(57(38)49-54-37-11-7-8-14-42(37)66-49)30-16-18-36(34(51)24-30)53-46(61)41-13-10-22-56(41)48(63)32(28(3)4)26-44(59)65-6/h15-18,23-24,27-28,31-32,36-39H,7-14,19-22,25-26H2,1-6H3,(H,50,60)(H,51,61);15-18,23-24,27-28,31-32,38-41H,7-14,19-22,25-26,50-51H2,1-6H3,(H,52,60)(H,53,61)/t31-,32-,36+,37+,38-,39-;31-,32-,38+,39+,40-,41-/m00/s1. The summed E-state index contributed by atoms with van der Waals surface area (Å²) in [6.07, 6.45) is 14.1. The molecule has 8 amide bonds. The van der Waals surface area contributed by atoms with Crippen LogP contribution in [-0.2, 0) is 102 Å². The van der Waals surface area contributed by atoms with Gasteiger partial charge in [-0.3, -0.25) is 77.8 Å². The molecule has 36 nitrogen and oxygen atoms in total. The molecule has 4 aromatic carbocycles. The smallest absolute Gasteiger partial charge is 0.306 e. The average molecular weight is 1910 g/mol. The Morgan fingerprint density at radius 2 is 0.625 bits per heavy atom. The molecule has 6 aromatic rings. The Morgan fingerprint density at radius 3 is 0.868 bits per heavy atom. The highest BCUT2D eigenvalue weighted by atomic mass is 32.1. The number of fused-ring (bicyclic) bond motifs is 2. The van der Waals surface area contributed by atoms with Crippen molar-refractivity contribution in [2.45, 2.75) is 258 Å². The van der Waals surface area contributed by atoms with Crippen LogP contribution in [0.3, 0.4) is 0 Å². The van der Waals surface area contributed by atoms with E-state index in [0.29, 0.717) is 129 Å². The first kappa shape index (κ1) is 101. The van der Waals surface area contributed by atoms with Gasteiger partial charge in [-0.15, -0.1) is 22.7 Å². The number of aryl methyl sites for hydroxylation is 4. The minimum Gasteiger partial charge on any atom is -0.469 e. The summed E-state index contributed by atoms with van der Waals surface area (Å²) in [6, 6.07) is 16.4. The predicted octanol–water partition coefficient (Wildman–Crippen LogP) is 14.2. The summed E-state index contributed by atoms with van der Waals surface area (Å²) >= 11 is 3.27. The molecule has 0 bridgehead atoms. The van der Waals surface area contributed by atoms with E-state index in [1.165, 1.54) is 78.7 Å². The van der Waals surface area contributed by atoms with E-state index in [2.05, 4.69) is 31.1 Å². The molecule has 38 heteroatoms. The van der Waals surface area contributed by atoms with E-state index >= 15 is 0 Å². The van der Waals surface area contributed by atoms with Crippen LogP contribution in [0, 0.1) is 67.6 Å². The van der Waals surface area contributed by atoms with Crippen molar-refractivity contribution >= 4 is 150 Å². The topological polar surface area (TPSA) is 473 Å². The zero-order valence-electron chi connectivity index (χ0n) is 79.6. The van der Waals surface area contributed by atoms with Crippen LogP contribution in [0.25, 0.3) is 0 Å². The van der Waals surface area contributed by atoms with E-state index in [4.69, 9.17) is 40.4 Å². The van der Waals surface area contributed by atoms with Gasteiger partial charge in [0.15, 0.2) is 10.3 Å². The van der Waals surface area contributed by atoms with Gasteiger partial charge in [-0.25, -0.2) is 9.97 Å². The number of nitrogens with two attached hydrogens (primary N) is 2. The van der Waals surface area contributed by atoms with Crippen LogP contribution in [0.5, 0.6) is 0 Å². The molecule has 8 N–H and O–H groups in total. The second-order valence-corrected chi connectivity index (χ2v) is 40.3. The van der Waals surface area contributed by atoms with E-state index in [1.54, 1.807) is 33.3 Å². The summed E-state index contributed by atoms with van der Waals surface area (Å²) < 4.78 is 19.3. The van der Waals surface area contributed by atoms with Gasteiger partial charge in [0, 0.05) is 48.1 Å². The highest BCUT2D eigenvalue weighted by molar-refractivity contribution is 7.16. The first-order valence-corrected chi connectivity index (χ1v) is 49.3. The van der Waals surface area contributed by atoms with Crippen LogP contribution in [-0.4, -0.2) is 189 Å². The molecule has 2 aromatic heterocycles. The monoisotopic (exact) mass is 1910 g/mol. The summed E-state index contributed by atoms with van der Waals surface area (Å²) in [5.41, 5.74) is 19.6. The molecule has 0 radical (unpaired) electrons. The quantitative estimate of drug-likeness (QED) is 0.00751. The number of nitrogens with zero attached hydrogens (tertiary/aromatic N) is 10. The Morgan fingerprint density at radius 1 is 0.375 bits per heavy atom. The lowest BCUT2D eigenvalue weighted by Gasteiger charge is -2.32. The Kier molecular flexibility index (Phi) is 33.3. The molecule has 2 aliphatic carbocycles. The first-order chi connectivity index (χ1) is 65.0. The van der Waals surface area contributed by atoms with Crippen LogP contribution in [0.1, 0.15) is 251 Å². The van der Waals surface area contributed by atoms with Crippen molar-refractivity contribution in [2.75, 3.05) is 97.2 Å². The molecule has 8 heterocycles. The minimum atomic E-state index is -0.903. The number of nitro benzene ring substituents is 2. The third kappa shape index (κ3) is 22.7. The number of ether oxygens (including phenoxy) is 4. The maximum atomic E-state index is 13.9. The number of rotatable bonds is 32. The van der Waals surface area contributed by atoms with Gasteiger partial charge in [-0.2, -0.15) is 0 Å². The fourth-order valence-corrected chi connectivity index (χ4v) is 23.1. The van der Waals surface area contributed by atoms with Crippen molar-refractivity contribution in [3.63, 3.8) is 0 Å². The van der Waals surface area contributed by atoms with Crippen LogP contribution < -0.4 is 42.5 Å². The summed E-state index contributed by atoms with van der Waals surface area (Å²) in [4.78, 5) is 206. The van der Waals surface area contributed by atoms with E-state index in [-0.39, 0.29) is 120 Å². The normalized spacial score (nSPS) is 21.1. The van der Waals surface area contributed by atoms with Gasteiger partial charge >= 0.3 is 23.9 Å². The van der Waals surface area contributed by atoms with Crippen molar-refractivity contribution in [3.05, 3.63) is 136 Å². The molecule has 732 valence electrons. The number of benzene rings is 4. The average Bonchev–Trinajstić information content (AvgIpc) is 1.47. The number of likely N-dealkylation sites (tertiary alicyclic amines) is 4. The van der Waals surface area contributed by atoms with Crippen LogP contribution >= 0.6 is 22.7 Å². The van der Waals surface area contributed by atoms with Crippen LogP contribution in [0.4, 0.5) is 55.8 Å². The summed E-state index contributed by atoms with van der Waals surface area (Å²) in [5, 5.41) is 38.6. The van der Waals surface area contributed by atoms with Crippen molar-refractivity contribution in [2.24, 2.45) is 47.3 Å². The summed E-state index contributed by atoms with van der Waals surface area (Å²) in [5.74, 6) is -8.23. The zero-order chi connectivity index (χ0) is 97.9. The first-order valence-electron chi connectivity index (χ1n) is 47.6. The Bertz CT molecular complexity index is 5180. The number of hydrogen-bond acceptors (Lipinski definition) is 28. The molecular weight excluding hydrogens is 1790 g/mol. The highest BCUT2D eigenvalue weighted by Gasteiger charge is 2.48. The van der Waals surface area contributed by atoms with Gasteiger partial charge in [0.2, 0.25) is 47.3 Å². The van der Waals surface area contributed by atoms with Crippen molar-refractivity contribution in [3.8, 4) is 0 Å². The molecule has 0 unspecified atom stereocenters. The van der Waals surface area contributed by atoms with Gasteiger partial charge in [-0.1, -0.05) is 79.7 Å².